The molecule has 9 heteroatoms. The summed E-state index contributed by atoms with van der Waals surface area (Å²) in [6, 6.07) is 12.6. The number of benzene rings is 2. The van der Waals surface area contributed by atoms with Gasteiger partial charge < -0.3 is 16.2 Å². The number of nitrogens with zero attached hydrogens (tertiary/aromatic N) is 3. The number of halogens is 1. The summed E-state index contributed by atoms with van der Waals surface area (Å²) in [4.78, 5) is 25.8. The number of hydrogen-bond acceptors (Lipinski definition) is 7. The van der Waals surface area contributed by atoms with Gasteiger partial charge in [-0.25, -0.2) is 9.97 Å². The molecule has 33 heavy (non-hydrogen) atoms. The highest BCUT2D eigenvalue weighted by molar-refractivity contribution is 7.18. The van der Waals surface area contributed by atoms with Gasteiger partial charge in [-0.2, -0.15) is 0 Å². The summed E-state index contributed by atoms with van der Waals surface area (Å²) in [5.41, 5.74) is 9.54. The van der Waals surface area contributed by atoms with E-state index in [-0.39, 0.29) is 5.91 Å². The van der Waals surface area contributed by atoms with Crippen molar-refractivity contribution < 1.29 is 9.90 Å². The molecule has 7 nitrogen and oxygen atoms in total. The van der Waals surface area contributed by atoms with E-state index in [1.165, 1.54) is 17.7 Å². The third-order valence-corrected chi connectivity index (χ3v) is 6.74. The first-order valence-electron chi connectivity index (χ1n) is 10.0. The maximum atomic E-state index is 13.2. The van der Waals surface area contributed by atoms with Crippen molar-refractivity contribution in [2.75, 3.05) is 11.1 Å². The zero-order valence-electron chi connectivity index (χ0n) is 17.4. The Morgan fingerprint density at radius 1 is 1.09 bits per heavy atom. The van der Waals surface area contributed by atoms with Crippen molar-refractivity contribution in [3.8, 4) is 0 Å². The van der Waals surface area contributed by atoms with Crippen LogP contribution in [0.2, 0.25) is 5.02 Å². The molecule has 0 aliphatic rings. The molecule has 0 aliphatic heterocycles. The normalized spacial score (nSPS) is 12.2. The van der Waals surface area contributed by atoms with E-state index in [1.807, 2.05) is 25.1 Å². The molecule has 164 valence electrons. The molecule has 3 heterocycles. The quantitative estimate of drug-likeness (QED) is 0.332. The number of anilines is 2. The Bertz CT molecular complexity index is 1520. The van der Waals surface area contributed by atoms with Gasteiger partial charge in [-0.3, -0.25) is 9.78 Å². The summed E-state index contributed by atoms with van der Waals surface area (Å²) in [5, 5.41) is 17.8. The second kappa shape index (κ2) is 8.40. The smallest absolute Gasteiger partial charge is 0.258 e. The number of thiophene rings is 1. The molecule has 0 bridgehead atoms. The van der Waals surface area contributed by atoms with E-state index in [0.29, 0.717) is 43.6 Å². The number of aliphatic hydroxyl groups is 1. The number of rotatable bonds is 4. The van der Waals surface area contributed by atoms with Gasteiger partial charge in [0, 0.05) is 27.4 Å². The van der Waals surface area contributed by atoms with Crippen LogP contribution in [0, 0.1) is 6.92 Å². The minimum atomic E-state index is -0.947. The molecule has 1 atom stereocenters. The number of aryl methyl sites for hydroxylation is 1. The van der Waals surface area contributed by atoms with Gasteiger partial charge in [0.05, 0.1) is 27.2 Å². The second-order valence-electron chi connectivity index (χ2n) is 7.54. The molecule has 0 saturated heterocycles. The average molecular weight is 476 g/mol. The van der Waals surface area contributed by atoms with E-state index >= 15 is 0 Å². The molecule has 0 saturated carbocycles. The summed E-state index contributed by atoms with van der Waals surface area (Å²) in [7, 11) is 0. The van der Waals surface area contributed by atoms with Crippen molar-refractivity contribution in [3.05, 3.63) is 87.8 Å². The van der Waals surface area contributed by atoms with Crippen molar-refractivity contribution in [1.29, 1.82) is 0 Å². The lowest BCUT2D eigenvalue weighted by Gasteiger charge is -2.17. The van der Waals surface area contributed by atoms with E-state index < -0.39 is 6.10 Å². The first-order valence-corrected chi connectivity index (χ1v) is 11.3. The lowest BCUT2D eigenvalue weighted by Crippen LogP contribution is -2.13. The number of nitrogens with two attached hydrogens (primary N) is 1. The predicted octanol–water partition coefficient (Wildman–Crippen LogP) is 5.12. The molecule has 3 aromatic heterocycles. The van der Waals surface area contributed by atoms with Crippen LogP contribution in [0.4, 0.5) is 11.5 Å². The van der Waals surface area contributed by atoms with Crippen LogP contribution in [0.15, 0.2) is 60.4 Å². The molecular formula is C24H18ClN5O2S. The summed E-state index contributed by atoms with van der Waals surface area (Å²) >= 11 is 7.31. The monoisotopic (exact) mass is 475 g/mol. The molecular weight excluding hydrogens is 458 g/mol. The van der Waals surface area contributed by atoms with Crippen molar-refractivity contribution in [2.24, 2.45) is 0 Å². The number of aliphatic hydroxyl groups excluding tert-OH is 1. The van der Waals surface area contributed by atoms with Crippen molar-refractivity contribution in [1.82, 2.24) is 15.0 Å². The Morgan fingerprint density at radius 3 is 2.67 bits per heavy atom. The highest BCUT2D eigenvalue weighted by Gasteiger charge is 2.20. The fourth-order valence-corrected chi connectivity index (χ4v) is 4.81. The molecule has 0 radical (unpaired) electrons. The van der Waals surface area contributed by atoms with Crippen LogP contribution in [0.1, 0.15) is 33.3 Å². The zero-order valence-corrected chi connectivity index (χ0v) is 19.0. The van der Waals surface area contributed by atoms with E-state index in [1.54, 1.807) is 35.8 Å². The number of carbonyl (C=O) groups is 1. The highest BCUT2D eigenvalue weighted by atomic mass is 35.5. The number of aromatic nitrogens is 3. The summed E-state index contributed by atoms with van der Waals surface area (Å²) in [6.07, 6.45) is 2.03. The topological polar surface area (TPSA) is 114 Å². The van der Waals surface area contributed by atoms with Gasteiger partial charge in [-0.1, -0.05) is 35.9 Å². The fraction of sp³-hybridized carbons (Fsp3) is 0.0833. The number of pyridine rings is 1. The van der Waals surface area contributed by atoms with Gasteiger partial charge in [0.15, 0.2) is 0 Å². The molecule has 1 unspecified atom stereocenters. The zero-order chi connectivity index (χ0) is 23.1. The van der Waals surface area contributed by atoms with Crippen LogP contribution in [-0.2, 0) is 0 Å². The molecule has 0 spiro atoms. The Kier molecular flexibility index (Phi) is 5.41. The SMILES string of the molecule is Cc1ccc2c(C(O)c3ccc(Cl)cc3)nccc2c1NC(=O)c1csc2c(N)ncnc12. The molecule has 1 amide bonds. The fourth-order valence-electron chi connectivity index (χ4n) is 3.78. The van der Waals surface area contributed by atoms with Gasteiger partial charge >= 0.3 is 0 Å². The van der Waals surface area contributed by atoms with Gasteiger partial charge in [0.2, 0.25) is 0 Å². The molecule has 0 aliphatic carbocycles. The largest absolute Gasteiger partial charge is 0.382 e. The first kappa shape index (κ1) is 21.3. The summed E-state index contributed by atoms with van der Waals surface area (Å²) in [6.45, 7) is 1.91. The Hall–Kier alpha value is -3.59. The van der Waals surface area contributed by atoms with E-state index in [0.717, 1.165) is 16.3 Å². The average Bonchev–Trinajstić information content (AvgIpc) is 3.26. The van der Waals surface area contributed by atoms with Crippen LogP contribution in [0.25, 0.3) is 21.0 Å². The minimum absolute atomic E-state index is 0.299. The number of nitrogens with one attached hydrogen (secondary N) is 1. The number of hydrogen-bond donors (Lipinski definition) is 3. The van der Waals surface area contributed by atoms with E-state index in [2.05, 4.69) is 20.3 Å². The lowest BCUT2D eigenvalue weighted by atomic mass is 9.98. The molecule has 2 aromatic carbocycles. The van der Waals surface area contributed by atoms with Crippen LogP contribution in [0.5, 0.6) is 0 Å². The van der Waals surface area contributed by atoms with Gasteiger partial charge in [0.25, 0.3) is 5.91 Å². The first-order chi connectivity index (χ1) is 15.9. The third kappa shape index (κ3) is 3.78. The number of fused-ring (bicyclic) bond motifs is 2. The van der Waals surface area contributed by atoms with Crippen molar-refractivity contribution in [3.63, 3.8) is 0 Å². The van der Waals surface area contributed by atoms with Gasteiger partial charge in [-0.15, -0.1) is 11.3 Å². The Morgan fingerprint density at radius 2 is 1.88 bits per heavy atom. The van der Waals surface area contributed by atoms with Crippen molar-refractivity contribution >= 4 is 61.3 Å². The maximum absolute atomic E-state index is 13.2. The number of carbonyl (C=O) groups excluding carboxylic acids is 1. The van der Waals surface area contributed by atoms with E-state index in [9.17, 15) is 9.90 Å². The van der Waals surface area contributed by atoms with Crippen molar-refractivity contribution in [2.45, 2.75) is 13.0 Å². The summed E-state index contributed by atoms with van der Waals surface area (Å²) in [5.74, 6) is 0.0452. The predicted molar refractivity (Wildman–Crippen MR) is 132 cm³/mol. The Balaban J connectivity index is 1.56. The van der Waals surface area contributed by atoms with Crippen LogP contribution < -0.4 is 11.1 Å². The third-order valence-electron chi connectivity index (χ3n) is 5.49. The number of nitrogen functional groups attached to an aromatic ring is 1. The van der Waals surface area contributed by atoms with E-state index in [4.69, 9.17) is 17.3 Å². The molecule has 4 N–H and O–H groups in total. The van der Waals surface area contributed by atoms with Gasteiger partial charge in [0.1, 0.15) is 18.2 Å². The van der Waals surface area contributed by atoms with Crippen LogP contribution >= 0.6 is 22.9 Å². The van der Waals surface area contributed by atoms with Crippen LogP contribution in [-0.4, -0.2) is 26.0 Å². The minimum Gasteiger partial charge on any atom is -0.382 e. The lowest BCUT2D eigenvalue weighted by molar-refractivity contribution is 0.102. The molecule has 5 rings (SSSR count). The Labute approximate surface area is 197 Å². The van der Waals surface area contributed by atoms with Crippen LogP contribution in [0.3, 0.4) is 0 Å². The number of amides is 1. The molecule has 0 fully saturated rings. The van der Waals surface area contributed by atoms with Gasteiger partial charge in [-0.05, 0) is 36.2 Å². The maximum Gasteiger partial charge on any atom is 0.258 e. The standard InChI is InChI=1S/C24H18ClN5O2S/c1-12-2-7-15-16(8-9-27-19(15)21(31)13-3-5-14(25)6-4-13)18(12)30-24(32)17-10-33-22-20(17)28-11-29-23(22)26/h2-11,21,31H,1H3,(H,30,32)(H2,26,28,29). The summed E-state index contributed by atoms with van der Waals surface area (Å²) < 4.78 is 0.676. The highest BCUT2D eigenvalue weighted by Crippen LogP contribution is 2.34. The molecule has 5 aromatic rings. The second-order valence-corrected chi connectivity index (χ2v) is 8.86.